The van der Waals surface area contributed by atoms with E-state index in [2.05, 4.69) is 191 Å². The molecule has 0 atom stereocenters. The van der Waals surface area contributed by atoms with Gasteiger partial charge in [0.2, 0.25) is 0 Å². The van der Waals surface area contributed by atoms with Crippen LogP contribution in [0.4, 0.5) is 17.1 Å². The zero-order valence-electron chi connectivity index (χ0n) is 27.6. The van der Waals surface area contributed by atoms with Gasteiger partial charge in [-0.1, -0.05) is 115 Å². The first-order chi connectivity index (χ1) is 25.3. The molecule has 0 fully saturated rings. The molecule has 2 nitrogen and oxygen atoms in total. The number of rotatable bonds is 4. The van der Waals surface area contributed by atoms with Gasteiger partial charge in [-0.2, -0.15) is 0 Å². The average molecular weight is 667 g/mol. The molecule has 3 heteroatoms. The number of anilines is 3. The normalized spacial score (nSPS) is 11.9. The van der Waals surface area contributed by atoms with Gasteiger partial charge in [0.25, 0.3) is 0 Å². The van der Waals surface area contributed by atoms with Crippen molar-refractivity contribution in [3.05, 3.63) is 182 Å². The van der Waals surface area contributed by atoms with Crippen LogP contribution in [0.5, 0.6) is 0 Å². The molecule has 0 aliphatic carbocycles. The highest BCUT2D eigenvalue weighted by atomic mass is 32.1. The van der Waals surface area contributed by atoms with Crippen molar-refractivity contribution in [2.45, 2.75) is 0 Å². The Morgan fingerprint density at radius 3 is 1.92 bits per heavy atom. The second kappa shape index (κ2) is 11.0. The van der Waals surface area contributed by atoms with E-state index in [1.807, 2.05) is 11.3 Å². The molecule has 51 heavy (non-hydrogen) atoms. The van der Waals surface area contributed by atoms with Gasteiger partial charge in [0.1, 0.15) is 0 Å². The van der Waals surface area contributed by atoms with E-state index in [0.717, 1.165) is 22.7 Å². The Morgan fingerprint density at radius 2 is 1.08 bits per heavy atom. The summed E-state index contributed by atoms with van der Waals surface area (Å²) in [5, 5.41) is 12.8. The van der Waals surface area contributed by atoms with Gasteiger partial charge >= 0.3 is 0 Å². The van der Waals surface area contributed by atoms with Crippen molar-refractivity contribution in [2.75, 3.05) is 4.90 Å². The maximum atomic E-state index is 2.43. The fourth-order valence-electron chi connectivity index (χ4n) is 8.26. The van der Waals surface area contributed by atoms with Crippen LogP contribution in [-0.2, 0) is 0 Å². The molecule has 11 aromatic rings. The molecule has 0 spiro atoms. The third kappa shape index (κ3) is 4.29. The van der Waals surface area contributed by atoms with Crippen molar-refractivity contribution in [2.24, 2.45) is 0 Å². The number of hydrogen-bond donors (Lipinski definition) is 0. The maximum Gasteiger partial charge on any atom is 0.0782 e. The number of thiophene rings is 1. The lowest BCUT2D eigenvalue weighted by Gasteiger charge is -2.27. The van der Waals surface area contributed by atoms with Crippen LogP contribution in [-0.4, -0.2) is 4.57 Å². The number of hydrogen-bond acceptors (Lipinski definition) is 2. The lowest BCUT2D eigenvalue weighted by atomic mass is 9.95. The molecule has 0 bridgehead atoms. The zero-order chi connectivity index (χ0) is 33.5. The van der Waals surface area contributed by atoms with E-state index in [4.69, 9.17) is 0 Å². The Morgan fingerprint density at radius 1 is 0.392 bits per heavy atom. The first kappa shape index (κ1) is 28.4. The van der Waals surface area contributed by atoms with E-state index in [1.165, 1.54) is 74.3 Å². The minimum atomic E-state index is 1.12. The van der Waals surface area contributed by atoms with Gasteiger partial charge in [0.15, 0.2) is 0 Å². The summed E-state index contributed by atoms with van der Waals surface area (Å²) in [6, 6.07) is 66.7. The highest BCUT2D eigenvalue weighted by Crippen LogP contribution is 2.45. The van der Waals surface area contributed by atoms with Crippen LogP contribution in [0.1, 0.15) is 0 Å². The number of para-hydroxylation sites is 4. The quantitative estimate of drug-likeness (QED) is 0.170. The summed E-state index contributed by atoms with van der Waals surface area (Å²) in [7, 11) is 0. The van der Waals surface area contributed by atoms with Gasteiger partial charge in [-0.25, -0.2) is 0 Å². The predicted octanol–water partition coefficient (Wildman–Crippen LogP) is 14.1. The van der Waals surface area contributed by atoms with E-state index >= 15 is 0 Å². The number of fused-ring (bicyclic) bond motifs is 11. The van der Waals surface area contributed by atoms with E-state index in [-0.39, 0.29) is 0 Å². The minimum absolute atomic E-state index is 1.12. The fraction of sp³-hybridized carbons (Fsp3) is 0. The van der Waals surface area contributed by atoms with E-state index in [0.29, 0.717) is 0 Å². The van der Waals surface area contributed by atoms with Gasteiger partial charge in [0.05, 0.1) is 16.7 Å². The van der Waals surface area contributed by atoms with Crippen LogP contribution in [0.25, 0.3) is 80.0 Å². The SMILES string of the molecule is c1ccc(N(c2ccc3c(ccc4ccc5cc6sc7ccccc7c6cc5c43)c2)c2cccc3c4ccccc4n(-c4ccccc4)c23)cc1. The van der Waals surface area contributed by atoms with Gasteiger partial charge in [-0.05, 0) is 99.0 Å². The highest BCUT2D eigenvalue weighted by Gasteiger charge is 2.22. The number of benzene rings is 9. The summed E-state index contributed by atoms with van der Waals surface area (Å²) in [5.74, 6) is 0. The molecule has 2 heterocycles. The second-order valence-corrected chi connectivity index (χ2v) is 14.4. The van der Waals surface area contributed by atoms with Crippen molar-refractivity contribution in [3.63, 3.8) is 0 Å². The molecule has 0 saturated heterocycles. The molecule has 0 aliphatic rings. The molecular formula is C48H30N2S. The Kier molecular flexibility index (Phi) is 6.16. The Balaban J connectivity index is 1.18. The maximum absolute atomic E-state index is 2.43. The molecule has 11 rings (SSSR count). The fourth-order valence-corrected chi connectivity index (χ4v) is 9.40. The summed E-state index contributed by atoms with van der Waals surface area (Å²) in [6.45, 7) is 0. The third-order valence-corrected chi connectivity index (χ3v) is 11.6. The third-order valence-electron chi connectivity index (χ3n) is 10.5. The highest BCUT2D eigenvalue weighted by molar-refractivity contribution is 7.25. The summed E-state index contributed by atoms with van der Waals surface area (Å²) in [6.07, 6.45) is 0. The lowest BCUT2D eigenvalue weighted by molar-refractivity contribution is 1.17. The van der Waals surface area contributed by atoms with Crippen molar-refractivity contribution in [3.8, 4) is 5.69 Å². The van der Waals surface area contributed by atoms with Crippen LogP contribution in [0.3, 0.4) is 0 Å². The first-order valence-electron chi connectivity index (χ1n) is 17.4. The summed E-state index contributed by atoms with van der Waals surface area (Å²) < 4.78 is 5.10. The second-order valence-electron chi connectivity index (χ2n) is 13.3. The van der Waals surface area contributed by atoms with Crippen LogP contribution < -0.4 is 4.90 Å². The summed E-state index contributed by atoms with van der Waals surface area (Å²) in [5.41, 5.74) is 6.91. The molecule has 2 aromatic heterocycles. The van der Waals surface area contributed by atoms with Gasteiger partial charge < -0.3 is 9.47 Å². The van der Waals surface area contributed by atoms with E-state index in [9.17, 15) is 0 Å². The molecule has 0 aliphatic heterocycles. The zero-order valence-corrected chi connectivity index (χ0v) is 28.4. The van der Waals surface area contributed by atoms with Crippen molar-refractivity contribution in [1.82, 2.24) is 4.57 Å². The lowest BCUT2D eigenvalue weighted by Crippen LogP contribution is -2.11. The smallest absolute Gasteiger partial charge is 0.0782 e. The molecule has 238 valence electrons. The predicted molar refractivity (Wildman–Crippen MR) is 221 cm³/mol. The Bertz CT molecular complexity index is 3140. The number of nitrogens with zero attached hydrogens (tertiary/aromatic N) is 2. The molecule has 0 unspecified atom stereocenters. The monoisotopic (exact) mass is 666 g/mol. The largest absolute Gasteiger partial charge is 0.308 e. The minimum Gasteiger partial charge on any atom is -0.308 e. The van der Waals surface area contributed by atoms with Crippen molar-refractivity contribution < 1.29 is 0 Å². The van der Waals surface area contributed by atoms with Gasteiger partial charge in [-0.15, -0.1) is 11.3 Å². The number of aromatic nitrogens is 1. The topological polar surface area (TPSA) is 8.17 Å². The van der Waals surface area contributed by atoms with Crippen LogP contribution in [0.15, 0.2) is 182 Å². The van der Waals surface area contributed by atoms with Crippen molar-refractivity contribution >= 4 is 103 Å². The summed E-state index contributed by atoms with van der Waals surface area (Å²) >= 11 is 1.88. The molecular weight excluding hydrogens is 637 g/mol. The van der Waals surface area contributed by atoms with E-state index < -0.39 is 0 Å². The molecule has 0 amide bonds. The van der Waals surface area contributed by atoms with E-state index in [1.54, 1.807) is 0 Å². The standard InChI is InChI=1S/C48H30N2S/c1-3-12-34(13-4-1)49(44-20-11-18-40-38-16-7-9-19-43(38)50(48(40)44)35-14-5-2-6-15-35)36-26-27-37-32(28-36)24-22-31-23-25-33-29-46-42(30-41(33)47(31)37)39-17-8-10-21-45(39)51-46/h1-30H. The van der Waals surface area contributed by atoms with Crippen LogP contribution in [0.2, 0.25) is 0 Å². The average Bonchev–Trinajstić information content (AvgIpc) is 3.73. The molecule has 0 radical (unpaired) electrons. The van der Waals surface area contributed by atoms with Crippen LogP contribution >= 0.6 is 11.3 Å². The Hall–Kier alpha value is -6.42. The molecule has 0 saturated carbocycles. The molecule has 0 N–H and O–H groups in total. The first-order valence-corrected chi connectivity index (χ1v) is 18.3. The molecule has 9 aromatic carbocycles. The van der Waals surface area contributed by atoms with Gasteiger partial charge in [0, 0.05) is 48.0 Å². The summed E-state index contributed by atoms with van der Waals surface area (Å²) in [4.78, 5) is 2.43. The van der Waals surface area contributed by atoms with Crippen LogP contribution in [0, 0.1) is 0 Å². The Labute approximate surface area is 298 Å². The van der Waals surface area contributed by atoms with Gasteiger partial charge in [-0.3, -0.25) is 0 Å². The van der Waals surface area contributed by atoms with Crippen molar-refractivity contribution in [1.29, 1.82) is 0 Å².